The van der Waals surface area contributed by atoms with Gasteiger partial charge in [0.1, 0.15) is 0 Å². The maximum Gasteiger partial charge on any atom is 0.241 e. The summed E-state index contributed by atoms with van der Waals surface area (Å²) in [7, 11) is 0. The van der Waals surface area contributed by atoms with Gasteiger partial charge in [-0.3, -0.25) is 4.79 Å². The molecule has 20 heavy (non-hydrogen) atoms. The van der Waals surface area contributed by atoms with E-state index in [9.17, 15) is 4.79 Å². The van der Waals surface area contributed by atoms with Crippen LogP contribution in [0.1, 0.15) is 11.1 Å². The molecule has 1 amide bonds. The lowest BCUT2D eigenvalue weighted by molar-refractivity contribution is -0.117. The van der Waals surface area contributed by atoms with E-state index in [0.717, 1.165) is 16.8 Å². The van der Waals surface area contributed by atoms with Crippen molar-refractivity contribution in [2.75, 3.05) is 5.32 Å². The number of nitrogens with two attached hydrogens (primary N) is 2. The van der Waals surface area contributed by atoms with Crippen molar-refractivity contribution in [1.82, 2.24) is 0 Å². The zero-order chi connectivity index (χ0) is 14.4. The number of carbonyl (C=O) groups is 1. The van der Waals surface area contributed by atoms with Crippen LogP contribution in [0.4, 0.5) is 5.69 Å². The average Bonchev–Trinajstić information content (AvgIpc) is 2.48. The second kappa shape index (κ2) is 6.84. The Labute approximate surface area is 118 Å². The van der Waals surface area contributed by atoms with Crippen molar-refractivity contribution in [1.29, 1.82) is 0 Å². The van der Waals surface area contributed by atoms with Gasteiger partial charge >= 0.3 is 0 Å². The summed E-state index contributed by atoms with van der Waals surface area (Å²) >= 11 is 0. The lowest BCUT2D eigenvalue weighted by atomic mass is 10.1. The summed E-state index contributed by atoms with van der Waals surface area (Å²) in [6.45, 7) is 0.379. The van der Waals surface area contributed by atoms with E-state index in [2.05, 4.69) is 5.32 Å². The van der Waals surface area contributed by atoms with Crippen molar-refractivity contribution < 1.29 is 4.79 Å². The molecule has 0 saturated heterocycles. The molecule has 0 spiro atoms. The highest BCUT2D eigenvalue weighted by atomic mass is 16.2. The first-order valence-corrected chi connectivity index (χ1v) is 6.59. The topological polar surface area (TPSA) is 81.1 Å². The number of carbonyl (C=O) groups excluding carboxylic acids is 1. The van der Waals surface area contributed by atoms with E-state index in [0.29, 0.717) is 13.0 Å². The van der Waals surface area contributed by atoms with Crippen molar-refractivity contribution in [3.63, 3.8) is 0 Å². The van der Waals surface area contributed by atoms with Crippen LogP contribution in [-0.2, 0) is 17.8 Å². The number of hydrogen-bond acceptors (Lipinski definition) is 3. The van der Waals surface area contributed by atoms with Crippen LogP contribution in [0.3, 0.4) is 0 Å². The Morgan fingerprint density at radius 2 is 1.70 bits per heavy atom. The summed E-state index contributed by atoms with van der Waals surface area (Å²) < 4.78 is 0. The van der Waals surface area contributed by atoms with Gasteiger partial charge in [0.05, 0.1) is 6.04 Å². The molecule has 1 unspecified atom stereocenters. The van der Waals surface area contributed by atoms with Crippen LogP contribution >= 0.6 is 0 Å². The average molecular weight is 269 g/mol. The van der Waals surface area contributed by atoms with Gasteiger partial charge in [0.25, 0.3) is 0 Å². The number of para-hydroxylation sites is 1. The predicted octanol–water partition coefficient (Wildman–Crippen LogP) is 1.65. The highest BCUT2D eigenvalue weighted by Gasteiger charge is 2.15. The molecular formula is C16H19N3O. The van der Waals surface area contributed by atoms with Gasteiger partial charge in [-0.15, -0.1) is 0 Å². The van der Waals surface area contributed by atoms with Crippen molar-refractivity contribution in [2.24, 2.45) is 11.5 Å². The molecule has 0 bridgehead atoms. The Morgan fingerprint density at radius 3 is 2.40 bits per heavy atom. The number of hydrogen-bond donors (Lipinski definition) is 3. The van der Waals surface area contributed by atoms with Crippen LogP contribution in [0, 0.1) is 0 Å². The standard InChI is InChI=1S/C16H19N3O/c17-11-13-8-4-5-9-15(13)19-16(20)14(18)10-12-6-2-1-3-7-12/h1-9,14H,10-11,17-18H2,(H,19,20). The number of rotatable bonds is 5. The molecule has 0 aliphatic heterocycles. The van der Waals surface area contributed by atoms with E-state index in [4.69, 9.17) is 11.5 Å². The molecule has 2 aromatic carbocycles. The number of benzene rings is 2. The third-order valence-corrected chi connectivity index (χ3v) is 3.13. The van der Waals surface area contributed by atoms with Crippen LogP contribution in [-0.4, -0.2) is 11.9 Å². The Morgan fingerprint density at radius 1 is 1.05 bits per heavy atom. The summed E-state index contributed by atoms with van der Waals surface area (Å²) in [5, 5.41) is 2.84. The molecule has 0 heterocycles. The molecule has 1 atom stereocenters. The van der Waals surface area contributed by atoms with E-state index in [1.165, 1.54) is 0 Å². The molecular weight excluding hydrogens is 250 g/mol. The SMILES string of the molecule is NCc1ccccc1NC(=O)C(N)Cc1ccccc1. The quantitative estimate of drug-likeness (QED) is 0.772. The molecule has 0 aliphatic rings. The van der Waals surface area contributed by atoms with Gasteiger partial charge in [0.2, 0.25) is 5.91 Å². The molecule has 5 N–H and O–H groups in total. The summed E-state index contributed by atoms with van der Waals surface area (Å²) in [6, 6.07) is 16.6. The van der Waals surface area contributed by atoms with E-state index in [1.807, 2.05) is 54.6 Å². The van der Waals surface area contributed by atoms with Crippen LogP contribution < -0.4 is 16.8 Å². The number of nitrogens with one attached hydrogen (secondary N) is 1. The lowest BCUT2D eigenvalue weighted by Crippen LogP contribution is -2.37. The maximum atomic E-state index is 12.1. The zero-order valence-electron chi connectivity index (χ0n) is 11.3. The Hall–Kier alpha value is -2.17. The minimum Gasteiger partial charge on any atom is -0.326 e. The molecule has 0 aromatic heterocycles. The third-order valence-electron chi connectivity index (χ3n) is 3.13. The summed E-state index contributed by atoms with van der Waals surface area (Å²) in [5.74, 6) is -0.199. The fourth-order valence-corrected chi connectivity index (χ4v) is 2.01. The van der Waals surface area contributed by atoms with Gasteiger partial charge in [-0.2, -0.15) is 0 Å². The highest BCUT2D eigenvalue weighted by molar-refractivity contribution is 5.95. The monoisotopic (exact) mass is 269 g/mol. The Bertz CT molecular complexity index is 569. The van der Waals surface area contributed by atoms with Crippen molar-refractivity contribution in [2.45, 2.75) is 19.0 Å². The smallest absolute Gasteiger partial charge is 0.241 e. The van der Waals surface area contributed by atoms with E-state index in [-0.39, 0.29) is 5.91 Å². The first-order chi connectivity index (χ1) is 9.70. The van der Waals surface area contributed by atoms with Crippen molar-refractivity contribution in [3.05, 3.63) is 65.7 Å². The second-order valence-electron chi connectivity index (χ2n) is 4.65. The zero-order valence-corrected chi connectivity index (χ0v) is 11.3. The van der Waals surface area contributed by atoms with Crippen LogP contribution in [0.2, 0.25) is 0 Å². The third kappa shape index (κ3) is 3.66. The first-order valence-electron chi connectivity index (χ1n) is 6.59. The first kappa shape index (κ1) is 14.2. The molecule has 2 rings (SSSR count). The van der Waals surface area contributed by atoms with Gasteiger partial charge in [-0.1, -0.05) is 48.5 Å². The number of amides is 1. The molecule has 0 saturated carbocycles. The van der Waals surface area contributed by atoms with E-state index in [1.54, 1.807) is 0 Å². The fourth-order valence-electron chi connectivity index (χ4n) is 2.01. The van der Waals surface area contributed by atoms with Gasteiger partial charge in [0, 0.05) is 12.2 Å². The van der Waals surface area contributed by atoms with Crippen LogP contribution in [0.5, 0.6) is 0 Å². The Balaban J connectivity index is 2.01. The lowest BCUT2D eigenvalue weighted by Gasteiger charge is -2.14. The van der Waals surface area contributed by atoms with Gasteiger partial charge in [-0.25, -0.2) is 0 Å². The van der Waals surface area contributed by atoms with Crippen molar-refractivity contribution >= 4 is 11.6 Å². The highest BCUT2D eigenvalue weighted by Crippen LogP contribution is 2.14. The molecule has 2 aromatic rings. The minimum absolute atomic E-state index is 0.199. The van der Waals surface area contributed by atoms with E-state index < -0.39 is 6.04 Å². The normalized spacial score (nSPS) is 11.9. The summed E-state index contributed by atoms with van der Waals surface area (Å²) in [5.41, 5.74) is 14.3. The molecule has 0 radical (unpaired) electrons. The molecule has 0 fully saturated rings. The predicted molar refractivity (Wildman–Crippen MR) is 81.1 cm³/mol. The fraction of sp³-hybridized carbons (Fsp3) is 0.188. The van der Waals surface area contributed by atoms with Crippen LogP contribution in [0.15, 0.2) is 54.6 Å². The van der Waals surface area contributed by atoms with Gasteiger partial charge < -0.3 is 16.8 Å². The second-order valence-corrected chi connectivity index (χ2v) is 4.65. The summed E-state index contributed by atoms with van der Waals surface area (Å²) in [6.07, 6.45) is 0.511. The molecule has 4 heteroatoms. The maximum absolute atomic E-state index is 12.1. The molecule has 104 valence electrons. The molecule has 4 nitrogen and oxygen atoms in total. The van der Waals surface area contributed by atoms with Crippen molar-refractivity contribution in [3.8, 4) is 0 Å². The number of anilines is 1. The Kier molecular flexibility index (Phi) is 4.87. The van der Waals surface area contributed by atoms with Crippen LogP contribution in [0.25, 0.3) is 0 Å². The van der Waals surface area contributed by atoms with E-state index >= 15 is 0 Å². The summed E-state index contributed by atoms with van der Waals surface area (Å²) in [4.78, 5) is 12.1. The van der Waals surface area contributed by atoms with Gasteiger partial charge in [-0.05, 0) is 23.6 Å². The minimum atomic E-state index is -0.580. The molecule has 0 aliphatic carbocycles. The van der Waals surface area contributed by atoms with Gasteiger partial charge in [0.15, 0.2) is 0 Å². The largest absolute Gasteiger partial charge is 0.326 e.